The van der Waals surface area contributed by atoms with Crippen molar-refractivity contribution >= 4 is 55.0 Å². The molecule has 0 saturated carbocycles. The van der Waals surface area contributed by atoms with Crippen LogP contribution in [0.25, 0.3) is 43.1 Å². The highest BCUT2D eigenvalue weighted by atomic mass is 16.5. The number of methoxy groups -OCH3 is 8. The standard InChI is InChI=1S/2C19H18O6/c2*1-22-14-6-5-10-7-13(19(20)21)11-8-15(23-2)16(24-3)9-12(11)17(10)18(14)25-4/h2*5-9H,1-4H3,(H,20,21). The van der Waals surface area contributed by atoms with Crippen LogP contribution in [0.2, 0.25) is 0 Å². The molecule has 0 aliphatic carbocycles. The summed E-state index contributed by atoms with van der Waals surface area (Å²) in [5.74, 6) is 2.08. The predicted molar refractivity (Wildman–Crippen MR) is 189 cm³/mol. The molecule has 260 valence electrons. The van der Waals surface area contributed by atoms with Gasteiger partial charge in [-0.15, -0.1) is 0 Å². The van der Waals surface area contributed by atoms with Crippen LogP contribution < -0.4 is 37.9 Å². The Balaban J connectivity index is 0.000000194. The smallest absolute Gasteiger partial charge is 0.336 e. The van der Waals surface area contributed by atoms with Gasteiger partial charge in [-0.3, -0.25) is 0 Å². The minimum atomic E-state index is -1.02. The van der Waals surface area contributed by atoms with Gasteiger partial charge in [0.15, 0.2) is 46.0 Å². The topological polar surface area (TPSA) is 148 Å². The number of carboxylic acids is 2. The first kappa shape index (κ1) is 35.0. The second kappa shape index (κ2) is 14.4. The van der Waals surface area contributed by atoms with E-state index < -0.39 is 11.9 Å². The molecule has 0 aromatic heterocycles. The molecule has 0 bridgehead atoms. The SMILES string of the molecule is COc1cc2c(C(=O)O)cc3ccc(OC)c(OC)c3c2cc1OC.COc1cc2c(C(=O)O)cc3ccc(OC)c(OC)c3c2cc1OC. The molecule has 0 unspecified atom stereocenters. The minimum Gasteiger partial charge on any atom is -0.493 e. The van der Waals surface area contributed by atoms with Crippen LogP contribution in [0.1, 0.15) is 20.7 Å². The quantitative estimate of drug-likeness (QED) is 0.138. The van der Waals surface area contributed by atoms with Gasteiger partial charge in [-0.05, 0) is 70.1 Å². The van der Waals surface area contributed by atoms with Gasteiger partial charge in [-0.2, -0.15) is 0 Å². The van der Waals surface area contributed by atoms with Gasteiger partial charge >= 0.3 is 11.9 Å². The summed E-state index contributed by atoms with van der Waals surface area (Å²) in [6, 6.07) is 17.2. The number of benzene rings is 6. The molecule has 0 aliphatic heterocycles. The van der Waals surface area contributed by atoms with Crippen molar-refractivity contribution in [3.8, 4) is 46.0 Å². The van der Waals surface area contributed by atoms with E-state index in [2.05, 4.69) is 0 Å². The first-order valence-corrected chi connectivity index (χ1v) is 15.0. The third-order valence-electron chi connectivity index (χ3n) is 8.38. The maximum absolute atomic E-state index is 11.8. The highest BCUT2D eigenvalue weighted by molar-refractivity contribution is 6.20. The summed E-state index contributed by atoms with van der Waals surface area (Å²) >= 11 is 0. The minimum absolute atomic E-state index is 0.177. The Morgan fingerprint density at radius 2 is 0.700 bits per heavy atom. The zero-order valence-electron chi connectivity index (χ0n) is 28.8. The lowest BCUT2D eigenvalue weighted by Gasteiger charge is -2.16. The fourth-order valence-electron chi connectivity index (χ4n) is 6.12. The van der Waals surface area contributed by atoms with Crippen LogP contribution in [0.3, 0.4) is 0 Å². The molecule has 12 nitrogen and oxygen atoms in total. The molecule has 6 rings (SSSR count). The first-order valence-electron chi connectivity index (χ1n) is 15.0. The van der Waals surface area contributed by atoms with E-state index in [0.29, 0.717) is 67.5 Å². The lowest BCUT2D eigenvalue weighted by molar-refractivity contribution is 0.0688. The normalized spacial score (nSPS) is 10.7. The summed E-state index contributed by atoms with van der Waals surface area (Å²) in [4.78, 5) is 23.5. The molecule has 0 spiro atoms. The van der Waals surface area contributed by atoms with Gasteiger partial charge < -0.3 is 48.1 Å². The number of carbonyl (C=O) groups is 2. The molecule has 50 heavy (non-hydrogen) atoms. The Kier molecular flexibility index (Phi) is 10.1. The van der Waals surface area contributed by atoms with Gasteiger partial charge in [0.1, 0.15) is 0 Å². The van der Waals surface area contributed by atoms with Crippen molar-refractivity contribution in [1.29, 1.82) is 0 Å². The number of rotatable bonds is 10. The molecular formula is C38H36O12. The zero-order chi connectivity index (χ0) is 36.3. The molecule has 12 heteroatoms. The molecule has 6 aromatic carbocycles. The maximum atomic E-state index is 11.8. The van der Waals surface area contributed by atoms with E-state index in [0.717, 1.165) is 21.5 Å². The molecule has 0 saturated heterocycles. The average Bonchev–Trinajstić information content (AvgIpc) is 3.14. The Hall–Kier alpha value is -6.30. The van der Waals surface area contributed by atoms with Crippen LogP contribution in [0.4, 0.5) is 0 Å². The van der Waals surface area contributed by atoms with Gasteiger partial charge in [0, 0.05) is 21.5 Å². The molecule has 0 radical (unpaired) electrons. The van der Waals surface area contributed by atoms with Gasteiger partial charge in [-0.25, -0.2) is 9.59 Å². The monoisotopic (exact) mass is 684 g/mol. The highest BCUT2D eigenvalue weighted by Gasteiger charge is 2.22. The molecule has 2 N–H and O–H groups in total. The average molecular weight is 685 g/mol. The second-order valence-electron chi connectivity index (χ2n) is 10.8. The summed E-state index contributed by atoms with van der Waals surface area (Å²) in [5, 5.41) is 24.7. The summed E-state index contributed by atoms with van der Waals surface area (Å²) in [7, 11) is 12.3. The summed E-state index contributed by atoms with van der Waals surface area (Å²) < 4.78 is 43.2. The lowest BCUT2D eigenvalue weighted by atomic mass is 9.95. The fraction of sp³-hybridized carbons (Fsp3) is 0.211. The largest absolute Gasteiger partial charge is 0.493 e. The van der Waals surface area contributed by atoms with E-state index in [9.17, 15) is 19.8 Å². The molecule has 0 amide bonds. The molecule has 0 heterocycles. The molecule has 0 fully saturated rings. The Morgan fingerprint density at radius 1 is 0.400 bits per heavy atom. The van der Waals surface area contributed by atoms with Crippen LogP contribution in [0.5, 0.6) is 46.0 Å². The fourth-order valence-corrected chi connectivity index (χ4v) is 6.12. The Bertz CT molecular complexity index is 2110. The van der Waals surface area contributed by atoms with Crippen molar-refractivity contribution < 1.29 is 57.7 Å². The van der Waals surface area contributed by atoms with Gasteiger partial charge in [0.25, 0.3) is 0 Å². The van der Waals surface area contributed by atoms with E-state index in [1.54, 1.807) is 89.1 Å². The molecular weight excluding hydrogens is 648 g/mol. The number of fused-ring (bicyclic) bond motifs is 6. The van der Waals surface area contributed by atoms with Crippen LogP contribution >= 0.6 is 0 Å². The third kappa shape index (κ3) is 5.96. The Morgan fingerprint density at radius 3 is 0.960 bits per heavy atom. The van der Waals surface area contributed by atoms with Gasteiger partial charge in [-0.1, -0.05) is 12.1 Å². The van der Waals surface area contributed by atoms with Gasteiger partial charge in [0.05, 0.1) is 68.0 Å². The number of hydrogen-bond donors (Lipinski definition) is 2. The van der Waals surface area contributed by atoms with Crippen molar-refractivity contribution in [2.75, 3.05) is 56.9 Å². The third-order valence-corrected chi connectivity index (χ3v) is 8.38. The summed E-state index contributed by atoms with van der Waals surface area (Å²) in [6.45, 7) is 0. The molecule has 0 atom stereocenters. The van der Waals surface area contributed by atoms with E-state index >= 15 is 0 Å². The van der Waals surface area contributed by atoms with Crippen molar-refractivity contribution in [2.24, 2.45) is 0 Å². The molecule has 6 aromatic rings. The van der Waals surface area contributed by atoms with Crippen molar-refractivity contribution in [3.05, 3.63) is 71.8 Å². The summed E-state index contributed by atoms with van der Waals surface area (Å²) in [5.41, 5.74) is 0.353. The first-order chi connectivity index (χ1) is 24.1. The lowest BCUT2D eigenvalue weighted by Crippen LogP contribution is -2.01. The zero-order valence-corrected chi connectivity index (χ0v) is 28.8. The van der Waals surface area contributed by atoms with Crippen molar-refractivity contribution in [1.82, 2.24) is 0 Å². The number of ether oxygens (including phenoxy) is 8. The van der Waals surface area contributed by atoms with E-state index in [1.165, 1.54) is 28.4 Å². The molecule has 0 aliphatic rings. The van der Waals surface area contributed by atoms with Crippen LogP contribution in [-0.4, -0.2) is 79.0 Å². The van der Waals surface area contributed by atoms with Crippen LogP contribution in [-0.2, 0) is 0 Å². The number of carboxylic acid groups (broad SMARTS) is 2. The second-order valence-corrected chi connectivity index (χ2v) is 10.8. The van der Waals surface area contributed by atoms with Crippen molar-refractivity contribution in [2.45, 2.75) is 0 Å². The van der Waals surface area contributed by atoms with E-state index in [4.69, 9.17) is 37.9 Å². The van der Waals surface area contributed by atoms with Crippen molar-refractivity contribution in [3.63, 3.8) is 0 Å². The predicted octanol–water partition coefficient (Wildman–Crippen LogP) is 7.45. The van der Waals surface area contributed by atoms with Crippen LogP contribution in [0, 0.1) is 0 Å². The van der Waals surface area contributed by atoms with E-state index in [1.807, 2.05) is 0 Å². The van der Waals surface area contributed by atoms with Crippen LogP contribution in [0.15, 0.2) is 60.7 Å². The summed E-state index contributed by atoms with van der Waals surface area (Å²) in [6.07, 6.45) is 0. The number of hydrogen-bond acceptors (Lipinski definition) is 10. The highest BCUT2D eigenvalue weighted by Crippen LogP contribution is 2.45. The van der Waals surface area contributed by atoms with E-state index in [-0.39, 0.29) is 11.1 Å². The maximum Gasteiger partial charge on any atom is 0.336 e. The number of aromatic carboxylic acids is 2. The van der Waals surface area contributed by atoms with Gasteiger partial charge in [0.2, 0.25) is 0 Å². The Labute approximate surface area is 287 Å².